The predicted octanol–water partition coefficient (Wildman–Crippen LogP) is 3.60. The fourth-order valence-corrected chi connectivity index (χ4v) is 7.04. The molecule has 0 spiro atoms. The number of nitrogens with zero attached hydrogens (tertiary/aromatic N) is 3. The van der Waals surface area contributed by atoms with Gasteiger partial charge in [0.15, 0.2) is 22.9 Å². The fraction of sp³-hybridized carbons (Fsp3) is 0.333. The topological polar surface area (TPSA) is 118 Å². The molecule has 2 aliphatic rings. The van der Waals surface area contributed by atoms with E-state index in [0.717, 1.165) is 10.8 Å². The van der Waals surface area contributed by atoms with Crippen LogP contribution < -0.4 is 29.1 Å². The van der Waals surface area contributed by atoms with Crippen molar-refractivity contribution in [1.29, 1.82) is 0 Å². The summed E-state index contributed by atoms with van der Waals surface area (Å²) in [6, 6.07) is 16.0. The lowest BCUT2D eigenvalue weighted by Crippen LogP contribution is -2.43. The minimum absolute atomic E-state index is 0.124. The molecule has 0 radical (unpaired) electrons. The average Bonchev–Trinajstić information content (AvgIpc) is 3.40. The lowest BCUT2D eigenvalue weighted by atomic mass is 9.90. The molecule has 1 amide bonds. The van der Waals surface area contributed by atoms with Crippen molar-refractivity contribution in [3.63, 3.8) is 0 Å². The Kier molecular flexibility index (Phi) is 9.93. The van der Waals surface area contributed by atoms with Crippen LogP contribution in [0.5, 0.6) is 17.2 Å². The van der Waals surface area contributed by atoms with Crippen molar-refractivity contribution in [2.24, 2.45) is 4.99 Å². The first-order chi connectivity index (χ1) is 23.3. The Bertz CT molecular complexity index is 2080. The molecule has 1 fully saturated rings. The number of amides is 1. The molecule has 48 heavy (non-hydrogen) atoms. The molecule has 11 nitrogen and oxygen atoms in total. The summed E-state index contributed by atoms with van der Waals surface area (Å²) in [7, 11) is 1.57. The van der Waals surface area contributed by atoms with Gasteiger partial charge in [-0.25, -0.2) is 9.79 Å². The third kappa shape index (κ3) is 6.45. The molecule has 0 aliphatic carbocycles. The van der Waals surface area contributed by atoms with Gasteiger partial charge in [0.2, 0.25) is 0 Å². The molecular weight excluding hydrogens is 634 g/mol. The van der Waals surface area contributed by atoms with Crippen LogP contribution >= 0.6 is 11.3 Å². The molecule has 1 aromatic heterocycles. The van der Waals surface area contributed by atoms with Gasteiger partial charge >= 0.3 is 5.97 Å². The molecule has 12 heteroatoms. The molecule has 2 aliphatic heterocycles. The van der Waals surface area contributed by atoms with E-state index < -0.39 is 12.0 Å². The number of rotatable bonds is 10. The summed E-state index contributed by atoms with van der Waals surface area (Å²) in [5.74, 6) is 0.745. The van der Waals surface area contributed by atoms with Gasteiger partial charge in [0.25, 0.3) is 11.5 Å². The van der Waals surface area contributed by atoms with Gasteiger partial charge in [-0.15, -0.1) is 0 Å². The summed E-state index contributed by atoms with van der Waals surface area (Å²) in [4.78, 5) is 47.4. The van der Waals surface area contributed by atoms with E-state index in [2.05, 4.69) is 0 Å². The molecule has 6 rings (SSSR count). The summed E-state index contributed by atoms with van der Waals surface area (Å²) < 4.78 is 30.3. The van der Waals surface area contributed by atoms with Gasteiger partial charge in [-0.05, 0) is 61.4 Å². The first-order valence-electron chi connectivity index (χ1n) is 15.8. The molecule has 4 aromatic rings. The molecule has 1 atom stereocenters. The fourth-order valence-electron chi connectivity index (χ4n) is 6.00. The van der Waals surface area contributed by atoms with E-state index in [1.54, 1.807) is 54.7 Å². The Labute approximate surface area is 281 Å². The molecule has 3 aromatic carbocycles. The summed E-state index contributed by atoms with van der Waals surface area (Å²) in [5.41, 5.74) is 1.79. The zero-order chi connectivity index (χ0) is 33.8. The Morgan fingerprint density at radius 1 is 1.00 bits per heavy atom. The summed E-state index contributed by atoms with van der Waals surface area (Å²) >= 11 is 1.23. The highest BCUT2D eigenvalue weighted by Gasteiger charge is 2.36. The van der Waals surface area contributed by atoms with Crippen molar-refractivity contribution < 1.29 is 33.3 Å². The minimum atomic E-state index is -0.845. The predicted molar refractivity (Wildman–Crippen MR) is 181 cm³/mol. The highest BCUT2D eigenvalue weighted by Crippen LogP contribution is 2.40. The number of thiazole rings is 1. The van der Waals surface area contributed by atoms with E-state index in [9.17, 15) is 14.4 Å². The monoisotopic (exact) mass is 671 g/mol. The number of allylic oxidation sites excluding steroid dienone is 1. The van der Waals surface area contributed by atoms with E-state index in [1.807, 2.05) is 43.3 Å². The van der Waals surface area contributed by atoms with Gasteiger partial charge < -0.3 is 28.6 Å². The number of morpholine rings is 1. The lowest BCUT2D eigenvalue weighted by molar-refractivity contribution is -0.139. The number of esters is 1. The smallest absolute Gasteiger partial charge is 0.338 e. The van der Waals surface area contributed by atoms with E-state index in [1.165, 1.54) is 11.3 Å². The van der Waals surface area contributed by atoms with Gasteiger partial charge in [-0.2, -0.15) is 0 Å². The lowest BCUT2D eigenvalue weighted by Gasteiger charge is -2.27. The second-order valence-corrected chi connectivity index (χ2v) is 12.1. The van der Waals surface area contributed by atoms with Crippen LogP contribution in [0.3, 0.4) is 0 Å². The number of hydrogen-bond donors (Lipinski definition) is 0. The molecule has 0 saturated carbocycles. The maximum absolute atomic E-state index is 14.3. The highest BCUT2D eigenvalue weighted by atomic mass is 32.1. The largest absolute Gasteiger partial charge is 0.496 e. The minimum Gasteiger partial charge on any atom is -0.496 e. The number of benzene rings is 3. The highest BCUT2D eigenvalue weighted by molar-refractivity contribution is 7.07. The van der Waals surface area contributed by atoms with Crippen LogP contribution in [0.1, 0.15) is 37.9 Å². The maximum Gasteiger partial charge on any atom is 0.338 e. The SMILES string of the molecule is CCOC(=O)C1=C(C)N=c2s/c(=C/c3ccc(OCC(=O)N4CCOCC4)c(OCC)c3)c(=O)n2[C@H]1c1c(OC)ccc2ccccc12. The van der Waals surface area contributed by atoms with Crippen LogP contribution in [0.25, 0.3) is 16.8 Å². The van der Waals surface area contributed by atoms with E-state index in [4.69, 9.17) is 28.7 Å². The molecular formula is C36H37N3O8S. The summed E-state index contributed by atoms with van der Waals surface area (Å²) in [6.07, 6.45) is 1.76. The third-order valence-electron chi connectivity index (χ3n) is 8.22. The van der Waals surface area contributed by atoms with Crippen molar-refractivity contribution in [3.05, 3.63) is 96.7 Å². The zero-order valence-electron chi connectivity index (χ0n) is 27.3. The van der Waals surface area contributed by atoms with Crippen LogP contribution in [0.4, 0.5) is 0 Å². The second-order valence-electron chi connectivity index (χ2n) is 11.1. The van der Waals surface area contributed by atoms with Crippen LogP contribution in [0.2, 0.25) is 0 Å². The zero-order valence-corrected chi connectivity index (χ0v) is 28.1. The Morgan fingerprint density at radius 2 is 1.77 bits per heavy atom. The van der Waals surface area contributed by atoms with Gasteiger partial charge in [-0.3, -0.25) is 14.2 Å². The van der Waals surface area contributed by atoms with E-state index in [0.29, 0.717) is 76.3 Å². The molecule has 0 unspecified atom stereocenters. The normalized spacial score (nSPS) is 16.4. The van der Waals surface area contributed by atoms with Gasteiger partial charge in [0, 0.05) is 18.7 Å². The van der Waals surface area contributed by atoms with Crippen LogP contribution in [0.15, 0.2) is 75.7 Å². The van der Waals surface area contributed by atoms with Crippen molar-refractivity contribution >= 4 is 40.1 Å². The van der Waals surface area contributed by atoms with E-state index >= 15 is 0 Å². The van der Waals surface area contributed by atoms with Crippen LogP contribution in [-0.4, -0.2) is 74.6 Å². The Balaban J connectivity index is 1.43. The molecule has 1 saturated heterocycles. The number of fused-ring (bicyclic) bond motifs is 2. The molecule has 250 valence electrons. The Hall–Kier alpha value is -4.94. The number of hydrogen-bond acceptors (Lipinski definition) is 10. The number of ether oxygens (including phenoxy) is 5. The molecule has 0 N–H and O–H groups in total. The standard InChI is InChI=1S/C36H37N3O8S/c1-5-45-28-19-23(11-13-26(28)47-21-30(40)38-15-17-44-18-16-38)20-29-34(41)39-33(31(35(42)46-6-2)22(3)37-36(39)48-29)32-25-10-8-7-9-24(25)12-14-27(32)43-4/h7-14,19-20,33H,5-6,15-18,21H2,1-4H3/b29-20+/t33-/m1/s1. The number of carbonyl (C=O) groups is 2. The van der Waals surface area contributed by atoms with Gasteiger partial charge in [-0.1, -0.05) is 47.7 Å². The van der Waals surface area contributed by atoms with Crippen molar-refractivity contribution in [3.8, 4) is 17.2 Å². The van der Waals surface area contributed by atoms with Gasteiger partial charge in [0.05, 0.1) is 49.3 Å². The van der Waals surface area contributed by atoms with Crippen molar-refractivity contribution in [2.45, 2.75) is 26.8 Å². The quantitative estimate of drug-likeness (QED) is 0.235. The van der Waals surface area contributed by atoms with E-state index in [-0.39, 0.29) is 30.3 Å². The second kappa shape index (κ2) is 14.4. The van der Waals surface area contributed by atoms with Gasteiger partial charge in [0.1, 0.15) is 11.8 Å². The number of methoxy groups -OCH3 is 1. The van der Waals surface area contributed by atoms with Crippen LogP contribution in [0, 0.1) is 0 Å². The average molecular weight is 672 g/mol. The first-order valence-corrected chi connectivity index (χ1v) is 16.7. The summed E-state index contributed by atoms with van der Waals surface area (Å²) in [6.45, 7) is 7.86. The molecule has 3 heterocycles. The maximum atomic E-state index is 14.3. The number of aromatic nitrogens is 1. The third-order valence-corrected chi connectivity index (χ3v) is 9.20. The van der Waals surface area contributed by atoms with Crippen molar-refractivity contribution in [2.75, 3.05) is 53.2 Å². The van der Waals surface area contributed by atoms with Crippen LogP contribution in [-0.2, 0) is 19.1 Å². The number of carbonyl (C=O) groups excluding carboxylic acids is 2. The summed E-state index contributed by atoms with van der Waals surface area (Å²) in [5, 5.41) is 1.78. The Morgan fingerprint density at radius 3 is 2.52 bits per heavy atom. The molecule has 0 bridgehead atoms. The first kappa shape index (κ1) is 33.0. The van der Waals surface area contributed by atoms with Crippen molar-refractivity contribution in [1.82, 2.24) is 9.47 Å².